The van der Waals surface area contributed by atoms with E-state index in [2.05, 4.69) is 9.97 Å². The number of anilines is 1. The van der Waals surface area contributed by atoms with E-state index in [4.69, 9.17) is 22.1 Å². The molecule has 0 spiro atoms. The maximum atomic E-state index is 13.7. The molecule has 2 aromatic carbocycles. The molecule has 1 heterocycles. The molecule has 0 atom stereocenters. The summed E-state index contributed by atoms with van der Waals surface area (Å²) in [5.74, 6) is -0.592. The van der Waals surface area contributed by atoms with Gasteiger partial charge < -0.3 is 10.5 Å². The molecule has 0 amide bonds. The lowest BCUT2D eigenvalue weighted by Gasteiger charge is -2.08. The molecule has 0 radical (unpaired) electrons. The van der Waals surface area contributed by atoms with E-state index < -0.39 is 11.8 Å². The fraction of sp³-hybridized carbons (Fsp3) is 0.118. The van der Waals surface area contributed by atoms with Crippen LogP contribution in [0.25, 0.3) is 10.9 Å². The third kappa shape index (κ3) is 3.44. The molecule has 3 aromatic rings. The minimum atomic E-state index is -0.627. The van der Waals surface area contributed by atoms with Gasteiger partial charge in [0.1, 0.15) is 11.6 Å². The van der Waals surface area contributed by atoms with Crippen LogP contribution in [-0.2, 0) is 22.6 Å². The molecule has 0 aliphatic rings. The number of hydrogen-bond acceptors (Lipinski definition) is 5. The Kier molecular flexibility index (Phi) is 4.57. The lowest BCUT2D eigenvalue weighted by atomic mass is 10.1. The van der Waals surface area contributed by atoms with Crippen molar-refractivity contribution in [3.63, 3.8) is 0 Å². The summed E-state index contributed by atoms with van der Waals surface area (Å²) >= 11 is 5.89. The molecule has 0 bridgehead atoms. The predicted molar refractivity (Wildman–Crippen MR) is 88.9 cm³/mol. The molecule has 24 heavy (non-hydrogen) atoms. The zero-order valence-corrected chi connectivity index (χ0v) is 13.3. The first-order valence-corrected chi connectivity index (χ1v) is 7.52. The number of nitrogens with zero attached hydrogens (tertiary/aromatic N) is 2. The van der Waals surface area contributed by atoms with Gasteiger partial charge in [-0.25, -0.2) is 14.4 Å². The summed E-state index contributed by atoms with van der Waals surface area (Å²) in [6, 6.07) is 11.5. The van der Waals surface area contributed by atoms with Gasteiger partial charge in [0.05, 0.1) is 11.9 Å². The van der Waals surface area contributed by atoms with Crippen LogP contribution in [0.4, 0.5) is 10.2 Å². The second-order valence-corrected chi connectivity index (χ2v) is 5.49. The Morgan fingerprint density at radius 2 is 1.96 bits per heavy atom. The Morgan fingerprint density at radius 3 is 2.75 bits per heavy atom. The van der Waals surface area contributed by atoms with Gasteiger partial charge in [-0.15, -0.1) is 0 Å². The van der Waals surface area contributed by atoms with Crippen molar-refractivity contribution >= 4 is 34.3 Å². The Balaban J connectivity index is 1.70. The van der Waals surface area contributed by atoms with Crippen LogP contribution in [0.2, 0.25) is 5.02 Å². The summed E-state index contributed by atoms with van der Waals surface area (Å²) < 4.78 is 18.8. The lowest BCUT2D eigenvalue weighted by Crippen LogP contribution is -2.11. The van der Waals surface area contributed by atoms with E-state index >= 15 is 0 Å². The summed E-state index contributed by atoms with van der Waals surface area (Å²) in [6.45, 7) is -0.153. The zero-order chi connectivity index (χ0) is 17.1. The zero-order valence-electron chi connectivity index (χ0n) is 12.5. The number of halogens is 2. The van der Waals surface area contributed by atoms with Crippen molar-refractivity contribution < 1.29 is 13.9 Å². The van der Waals surface area contributed by atoms with Crippen molar-refractivity contribution in [2.24, 2.45) is 0 Å². The van der Waals surface area contributed by atoms with Crippen LogP contribution in [-0.4, -0.2) is 15.9 Å². The highest BCUT2D eigenvalue weighted by Gasteiger charge is 2.14. The number of esters is 1. The van der Waals surface area contributed by atoms with Crippen molar-refractivity contribution in [2.75, 3.05) is 5.73 Å². The summed E-state index contributed by atoms with van der Waals surface area (Å²) in [5, 5.41) is 0.906. The monoisotopic (exact) mass is 345 g/mol. The van der Waals surface area contributed by atoms with Crippen molar-refractivity contribution in [2.45, 2.75) is 13.0 Å². The van der Waals surface area contributed by atoms with Crippen molar-refractivity contribution in [1.82, 2.24) is 9.97 Å². The summed E-state index contributed by atoms with van der Waals surface area (Å²) in [7, 11) is 0. The topological polar surface area (TPSA) is 78.1 Å². The molecule has 1 aromatic heterocycles. The van der Waals surface area contributed by atoms with Gasteiger partial charge in [-0.3, -0.25) is 4.79 Å². The van der Waals surface area contributed by atoms with E-state index in [0.717, 1.165) is 5.39 Å². The minimum absolute atomic E-state index is 0.100. The van der Waals surface area contributed by atoms with Crippen LogP contribution in [0.3, 0.4) is 0 Å². The third-order valence-corrected chi connectivity index (χ3v) is 3.78. The van der Waals surface area contributed by atoms with Crippen molar-refractivity contribution in [1.29, 1.82) is 0 Å². The van der Waals surface area contributed by atoms with E-state index in [-0.39, 0.29) is 29.4 Å². The number of fused-ring (bicyclic) bond motifs is 1. The molecule has 2 N–H and O–H groups in total. The minimum Gasteiger partial charge on any atom is -0.457 e. The van der Waals surface area contributed by atoms with Crippen LogP contribution in [0, 0.1) is 5.82 Å². The fourth-order valence-electron chi connectivity index (χ4n) is 2.26. The molecule has 0 fully saturated rings. The molecular formula is C17H13ClFN3O2. The number of carbonyl (C=O) groups is 1. The maximum absolute atomic E-state index is 13.7. The molecule has 0 aliphatic carbocycles. The first-order valence-electron chi connectivity index (χ1n) is 7.14. The Hall–Kier alpha value is -2.73. The highest BCUT2D eigenvalue weighted by molar-refractivity contribution is 6.31. The summed E-state index contributed by atoms with van der Waals surface area (Å²) in [5.41, 5.74) is 6.63. The van der Waals surface area contributed by atoms with Gasteiger partial charge in [-0.05, 0) is 24.3 Å². The van der Waals surface area contributed by atoms with Gasteiger partial charge in [0.2, 0.25) is 0 Å². The number of hydrogen-bond donors (Lipinski definition) is 1. The molecule has 0 unspecified atom stereocenters. The number of rotatable bonds is 4. The highest BCUT2D eigenvalue weighted by atomic mass is 35.5. The first kappa shape index (κ1) is 16.1. The number of nitrogens with two attached hydrogens (primary N) is 1. The van der Waals surface area contributed by atoms with E-state index in [1.54, 1.807) is 12.1 Å². The van der Waals surface area contributed by atoms with Crippen LogP contribution in [0.5, 0.6) is 0 Å². The van der Waals surface area contributed by atoms with Crippen LogP contribution < -0.4 is 5.73 Å². The number of ether oxygens (including phenoxy) is 1. The van der Waals surface area contributed by atoms with Gasteiger partial charge >= 0.3 is 5.97 Å². The van der Waals surface area contributed by atoms with E-state index in [1.807, 2.05) is 12.1 Å². The number of benzene rings is 2. The first-order chi connectivity index (χ1) is 11.5. The predicted octanol–water partition coefficient (Wildman–Crippen LogP) is 3.29. The average molecular weight is 346 g/mol. The lowest BCUT2D eigenvalue weighted by molar-refractivity contribution is -0.144. The van der Waals surface area contributed by atoms with Crippen LogP contribution in [0.1, 0.15) is 11.4 Å². The third-order valence-electron chi connectivity index (χ3n) is 3.42. The van der Waals surface area contributed by atoms with Gasteiger partial charge in [0, 0.05) is 16.0 Å². The maximum Gasteiger partial charge on any atom is 0.310 e. The second-order valence-electron chi connectivity index (χ2n) is 5.08. The smallest absolute Gasteiger partial charge is 0.310 e. The number of nitrogen functional groups attached to an aromatic ring is 1. The van der Waals surface area contributed by atoms with E-state index in [0.29, 0.717) is 11.3 Å². The van der Waals surface area contributed by atoms with Gasteiger partial charge in [0.15, 0.2) is 12.4 Å². The van der Waals surface area contributed by atoms with E-state index in [9.17, 15) is 9.18 Å². The SMILES string of the molecule is Nc1nc(COC(=O)Cc2c(F)cccc2Cl)nc2ccccc12. The Bertz CT molecular complexity index is 897. The molecule has 0 saturated carbocycles. The molecule has 5 nitrogen and oxygen atoms in total. The van der Waals surface area contributed by atoms with Crippen LogP contribution in [0.15, 0.2) is 42.5 Å². The molecule has 3 rings (SSSR count). The van der Waals surface area contributed by atoms with Crippen molar-refractivity contribution in [3.05, 3.63) is 64.7 Å². The molecule has 0 aliphatic heterocycles. The molecule has 122 valence electrons. The van der Waals surface area contributed by atoms with Crippen LogP contribution >= 0.6 is 11.6 Å². The van der Waals surface area contributed by atoms with Gasteiger partial charge in [0.25, 0.3) is 0 Å². The quantitative estimate of drug-likeness (QED) is 0.734. The Morgan fingerprint density at radius 1 is 1.17 bits per heavy atom. The largest absolute Gasteiger partial charge is 0.457 e. The highest BCUT2D eigenvalue weighted by Crippen LogP contribution is 2.20. The number of carbonyl (C=O) groups excluding carboxylic acids is 1. The number of para-hydroxylation sites is 1. The number of aromatic nitrogens is 2. The molecular weight excluding hydrogens is 333 g/mol. The molecule has 0 saturated heterocycles. The summed E-state index contributed by atoms with van der Waals surface area (Å²) in [6.07, 6.45) is -0.269. The normalized spacial score (nSPS) is 10.8. The second kappa shape index (κ2) is 6.80. The van der Waals surface area contributed by atoms with E-state index in [1.165, 1.54) is 18.2 Å². The molecule has 7 heteroatoms. The summed E-state index contributed by atoms with van der Waals surface area (Å²) in [4.78, 5) is 20.3. The van der Waals surface area contributed by atoms with Gasteiger partial charge in [-0.2, -0.15) is 0 Å². The standard InChI is InChI=1S/C17H13ClFN3O2/c18-12-5-3-6-13(19)11(12)8-16(23)24-9-15-21-14-7-2-1-4-10(14)17(20)22-15/h1-7H,8-9H2,(H2,20,21,22). The van der Waals surface area contributed by atoms with Gasteiger partial charge in [-0.1, -0.05) is 29.8 Å². The fourth-order valence-corrected chi connectivity index (χ4v) is 2.49. The van der Waals surface area contributed by atoms with Crippen molar-refractivity contribution in [3.8, 4) is 0 Å². The average Bonchev–Trinajstić information content (AvgIpc) is 2.56. The Labute approximate surface area is 142 Å².